The molecule has 0 amide bonds. The summed E-state index contributed by atoms with van der Waals surface area (Å²) in [4.78, 5) is 19.0. The zero-order chi connectivity index (χ0) is 25.5. The van der Waals surface area contributed by atoms with Gasteiger partial charge in [0.15, 0.2) is 0 Å². The van der Waals surface area contributed by atoms with Gasteiger partial charge in [0, 0.05) is 29.5 Å². The molecule has 0 bridgehead atoms. The molecule has 5 heteroatoms. The zero-order valence-electron chi connectivity index (χ0n) is 20.8. The number of rotatable bonds is 4. The molecule has 0 radical (unpaired) electrons. The fourth-order valence-corrected chi connectivity index (χ4v) is 4.97. The summed E-state index contributed by atoms with van der Waals surface area (Å²) in [6.45, 7) is 2.10. The fraction of sp³-hybridized carbons (Fsp3) is 0.0303. The highest BCUT2D eigenvalue weighted by Gasteiger charge is 2.15. The number of pyridine rings is 4. The van der Waals surface area contributed by atoms with Crippen LogP contribution in [0.2, 0.25) is 0 Å². The number of aromatic nitrogens is 5. The Kier molecular flexibility index (Phi) is 5.26. The van der Waals surface area contributed by atoms with Gasteiger partial charge in [-0.15, -0.1) is 0 Å². The summed E-state index contributed by atoms with van der Waals surface area (Å²) in [5.74, 6) is 0.828. The highest BCUT2D eigenvalue weighted by Crippen LogP contribution is 2.32. The van der Waals surface area contributed by atoms with Crippen LogP contribution in [0.3, 0.4) is 0 Å². The summed E-state index contributed by atoms with van der Waals surface area (Å²) < 4.78 is 2.18. The maximum Gasteiger partial charge on any atom is 0.138 e. The quantitative estimate of drug-likeness (QED) is 0.254. The van der Waals surface area contributed by atoms with Crippen molar-refractivity contribution in [3.8, 4) is 39.6 Å². The molecule has 38 heavy (non-hydrogen) atoms. The third kappa shape index (κ3) is 3.82. The number of hydrogen-bond acceptors (Lipinski definition) is 4. The smallest absolute Gasteiger partial charge is 0.138 e. The molecular weight excluding hydrogens is 466 g/mol. The molecule has 0 aliphatic rings. The average Bonchev–Trinajstić information content (AvgIpc) is 3.32. The first kappa shape index (κ1) is 22.1. The summed E-state index contributed by atoms with van der Waals surface area (Å²) in [6.07, 6.45) is 5.43. The minimum absolute atomic E-state index is 0.807. The lowest BCUT2D eigenvalue weighted by atomic mass is 10.0. The Balaban J connectivity index is 1.43. The average molecular weight is 490 g/mol. The van der Waals surface area contributed by atoms with Crippen molar-refractivity contribution in [2.24, 2.45) is 0 Å². The van der Waals surface area contributed by atoms with Crippen LogP contribution in [-0.2, 0) is 0 Å². The van der Waals surface area contributed by atoms with Crippen molar-refractivity contribution in [3.63, 3.8) is 0 Å². The minimum atomic E-state index is 0.807. The highest BCUT2D eigenvalue weighted by atomic mass is 15.1. The van der Waals surface area contributed by atoms with Crippen LogP contribution in [-0.4, -0.2) is 24.5 Å². The van der Waals surface area contributed by atoms with Crippen molar-refractivity contribution in [2.45, 2.75) is 6.92 Å². The van der Waals surface area contributed by atoms with E-state index in [-0.39, 0.29) is 0 Å². The summed E-state index contributed by atoms with van der Waals surface area (Å²) >= 11 is 0. The Hall–Kier alpha value is -5.16. The summed E-state index contributed by atoms with van der Waals surface area (Å²) in [5, 5.41) is 1.11. The van der Waals surface area contributed by atoms with Gasteiger partial charge in [-0.1, -0.05) is 54.1 Å². The van der Waals surface area contributed by atoms with Crippen molar-refractivity contribution in [2.75, 3.05) is 0 Å². The lowest BCUT2D eigenvalue weighted by Crippen LogP contribution is -2.00. The maximum absolute atomic E-state index is 5.13. The molecule has 5 nitrogen and oxygen atoms in total. The first-order valence-electron chi connectivity index (χ1n) is 12.6. The van der Waals surface area contributed by atoms with Crippen molar-refractivity contribution >= 4 is 21.9 Å². The molecule has 0 N–H and O–H groups in total. The van der Waals surface area contributed by atoms with E-state index in [9.17, 15) is 0 Å². The van der Waals surface area contributed by atoms with E-state index >= 15 is 0 Å². The van der Waals surface area contributed by atoms with Crippen LogP contribution < -0.4 is 0 Å². The molecule has 0 aliphatic heterocycles. The Morgan fingerprint density at radius 3 is 2.21 bits per heavy atom. The van der Waals surface area contributed by atoms with Crippen LogP contribution in [0.5, 0.6) is 0 Å². The second kappa shape index (κ2) is 9.05. The van der Waals surface area contributed by atoms with E-state index < -0.39 is 0 Å². The number of aryl methyl sites for hydroxylation is 1. The third-order valence-electron chi connectivity index (χ3n) is 6.84. The third-order valence-corrected chi connectivity index (χ3v) is 6.84. The maximum atomic E-state index is 5.13. The Morgan fingerprint density at radius 2 is 1.34 bits per heavy atom. The Labute approximate surface area is 220 Å². The van der Waals surface area contributed by atoms with Gasteiger partial charge in [-0.25, -0.2) is 9.97 Å². The molecule has 0 saturated carbocycles. The molecule has 0 fully saturated rings. The largest absolute Gasteiger partial charge is 0.292 e. The van der Waals surface area contributed by atoms with Crippen molar-refractivity contribution < 1.29 is 0 Å². The molecule has 2 aromatic carbocycles. The molecule has 0 aliphatic carbocycles. The van der Waals surface area contributed by atoms with E-state index in [0.717, 1.165) is 61.5 Å². The second-order valence-corrected chi connectivity index (χ2v) is 9.33. The van der Waals surface area contributed by atoms with E-state index in [0.29, 0.717) is 0 Å². The standard InChI is InChI=1S/C33H23N5/c1-22-11-13-23(14-12-22)25-20-28(24-15-18-34-19-16-24)36-29(21-25)27-7-4-10-32(37-27)38-30-8-3-2-6-26(30)33-31(38)9-5-17-35-33/h2-21H,1H3. The Bertz CT molecular complexity index is 1870. The first-order chi connectivity index (χ1) is 18.7. The molecule has 5 heterocycles. The molecule has 7 rings (SSSR count). The SMILES string of the molecule is Cc1ccc(-c2cc(-c3ccncc3)nc(-c3cccc(-n4c5ccccc5c5ncccc54)n3)c2)cc1. The summed E-state index contributed by atoms with van der Waals surface area (Å²) in [6, 6.07) is 35.3. The van der Waals surface area contributed by atoms with Gasteiger partial charge in [0.2, 0.25) is 0 Å². The van der Waals surface area contributed by atoms with Crippen molar-refractivity contribution in [3.05, 3.63) is 127 Å². The van der Waals surface area contributed by atoms with Gasteiger partial charge < -0.3 is 0 Å². The van der Waals surface area contributed by atoms with E-state index in [1.54, 1.807) is 12.4 Å². The van der Waals surface area contributed by atoms with Crippen LogP contribution >= 0.6 is 0 Å². The van der Waals surface area contributed by atoms with Crippen LogP contribution in [0, 0.1) is 6.92 Å². The van der Waals surface area contributed by atoms with Gasteiger partial charge in [0.1, 0.15) is 5.82 Å². The highest BCUT2D eigenvalue weighted by molar-refractivity contribution is 6.06. The molecule has 0 saturated heterocycles. The van der Waals surface area contributed by atoms with Crippen LogP contribution in [0.4, 0.5) is 0 Å². The van der Waals surface area contributed by atoms with Crippen molar-refractivity contribution in [1.29, 1.82) is 0 Å². The second-order valence-electron chi connectivity index (χ2n) is 9.33. The lowest BCUT2D eigenvalue weighted by Gasteiger charge is -2.12. The topological polar surface area (TPSA) is 56.5 Å². The number of para-hydroxylation sites is 1. The molecular formula is C33H23N5. The van der Waals surface area contributed by atoms with Gasteiger partial charge in [-0.05, 0) is 72.6 Å². The molecule has 0 atom stereocenters. The zero-order valence-corrected chi connectivity index (χ0v) is 20.8. The monoisotopic (exact) mass is 489 g/mol. The summed E-state index contributed by atoms with van der Waals surface area (Å²) in [5.41, 5.74) is 10.0. The van der Waals surface area contributed by atoms with Crippen molar-refractivity contribution in [1.82, 2.24) is 24.5 Å². The van der Waals surface area contributed by atoms with Crippen LogP contribution in [0.25, 0.3) is 61.5 Å². The molecule has 7 aromatic rings. The van der Waals surface area contributed by atoms with Gasteiger partial charge in [-0.3, -0.25) is 14.5 Å². The number of nitrogens with zero attached hydrogens (tertiary/aromatic N) is 5. The molecule has 5 aromatic heterocycles. The fourth-order valence-electron chi connectivity index (χ4n) is 4.97. The van der Waals surface area contributed by atoms with E-state index in [1.165, 1.54) is 5.56 Å². The normalized spacial score (nSPS) is 11.3. The molecule has 180 valence electrons. The van der Waals surface area contributed by atoms with Gasteiger partial charge in [-0.2, -0.15) is 0 Å². The van der Waals surface area contributed by atoms with E-state index in [2.05, 4.69) is 82.1 Å². The van der Waals surface area contributed by atoms with Gasteiger partial charge in [0.05, 0.1) is 33.6 Å². The number of hydrogen-bond donors (Lipinski definition) is 0. The van der Waals surface area contributed by atoms with Crippen LogP contribution in [0.15, 0.2) is 122 Å². The minimum Gasteiger partial charge on any atom is -0.292 e. The van der Waals surface area contributed by atoms with E-state index in [4.69, 9.17) is 9.97 Å². The van der Waals surface area contributed by atoms with Gasteiger partial charge in [0.25, 0.3) is 0 Å². The molecule has 0 spiro atoms. The summed E-state index contributed by atoms with van der Waals surface area (Å²) in [7, 11) is 0. The molecule has 0 unspecified atom stereocenters. The Morgan fingerprint density at radius 1 is 0.553 bits per heavy atom. The van der Waals surface area contributed by atoms with Gasteiger partial charge >= 0.3 is 0 Å². The number of benzene rings is 2. The predicted molar refractivity (Wildman–Crippen MR) is 153 cm³/mol. The lowest BCUT2D eigenvalue weighted by molar-refractivity contribution is 1.08. The predicted octanol–water partition coefficient (Wildman–Crippen LogP) is 7.67. The van der Waals surface area contributed by atoms with Crippen LogP contribution in [0.1, 0.15) is 5.56 Å². The van der Waals surface area contributed by atoms with E-state index in [1.807, 2.05) is 48.7 Å². The number of fused-ring (bicyclic) bond motifs is 3. The first-order valence-corrected chi connectivity index (χ1v) is 12.6.